The van der Waals surface area contributed by atoms with Crippen molar-refractivity contribution in [3.63, 3.8) is 0 Å². The summed E-state index contributed by atoms with van der Waals surface area (Å²) in [7, 11) is 1.54. The Kier molecular flexibility index (Phi) is 6.95. The van der Waals surface area contributed by atoms with Gasteiger partial charge in [-0.25, -0.2) is 0 Å². The van der Waals surface area contributed by atoms with E-state index in [9.17, 15) is 4.79 Å². The number of nitrogens with one attached hydrogen (secondary N) is 2. The number of nitrogens with zero attached hydrogens (tertiary/aromatic N) is 2. The fourth-order valence-corrected chi connectivity index (χ4v) is 4.17. The zero-order valence-electron chi connectivity index (χ0n) is 14.2. The molecule has 2 aromatic rings. The second kappa shape index (κ2) is 9.40. The summed E-state index contributed by atoms with van der Waals surface area (Å²) in [6, 6.07) is 5.07. The van der Waals surface area contributed by atoms with E-state index >= 15 is 0 Å². The first-order chi connectivity index (χ1) is 12.6. The molecular formula is C16H19ClN4O3S2. The van der Waals surface area contributed by atoms with Gasteiger partial charge in [-0.2, -0.15) is 0 Å². The molecule has 1 unspecified atom stereocenters. The monoisotopic (exact) mass is 414 g/mol. The molecule has 1 aromatic carbocycles. The molecule has 1 aromatic heterocycles. The minimum Gasteiger partial charge on any atom is -0.495 e. The normalized spacial score (nSPS) is 16.5. The second-order valence-electron chi connectivity index (χ2n) is 5.57. The third kappa shape index (κ3) is 5.47. The van der Waals surface area contributed by atoms with Crippen molar-refractivity contribution < 1.29 is 14.3 Å². The Balaban J connectivity index is 1.46. The Morgan fingerprint density at radius 2 is 2.38 bits per heavy atom. The zero-order valence-corrected chi connectivity index (χ0v) is 16.5. The Bertz CT molecular complexity index is 753. The van der Waals surface area contributed by atoms with Crippen LogP contribution >= 0.6 is 34.7 Å². The van der Waals surface area contributed by atoms with Gasteiger partial charge in [-0.15, -0.1) is 10.2 Å². The quantitative estimate of drug-likeness (QED) is 0.639. The van der Waals surface area contributed by atoms with E-state index < -0.39 is 0 Å². The molecule has 2 heterocycles. The maximum absolute atomic E-state index is 12.2. The molecule has 1 fully saturated rings. The maximum atomic E-state index is 12.2. The number of aromatic nitrogens is 2. The van der Waals surface area contributed by atoms with E-state index in [-0.39, 0.29) is 17.8 Å². The van der Waals surface area contributed by atoms with Gasteiger partial charge in [-0.05, 0) is 31.0 Å². The lowest BCUT2D eigenvalue weighted by atomic mass is 10.2. The summed E-state index contributed by atoms with van der Waals surface area (Å²) in [5.41, 5.74) is 0.543. The summed E-state index contributed by atoms with van der Waals surface area (Å²) in [5.74, 6) is 0.611. The average Bonchev–Trinajstić information content (AvgIpc) is 3.30. The molecule has 2 N–H and O–H groups in total. The number of methoxy groups -OCH3 is 1. The molecule has 26 heavy (non-hydrogen) atoms. The molecule has 0 spiro atoms. The maximum Gasteiger partial charge on any atom is 0.234 e. The van der Waals surface area contributed by atoms with Gasteiger partial charge >= 0.3 is 0 Å². The minimum absolute atomic E-state index is 0.167. The number of anilines is 2. The van der Waals surface area contributed by atoms with Crippen LogP contribution in [0, 0.1) is 0 Å². The molecule has 1 atom stereocenters. The Morgan fingerprint density at radius 1 is 1.50 bits per heavy atom. The van der Waals surface area contributed by atoms with Crippen molar-refractivity contribution >= 4 is 51.4 Å². The van der Waals surface area contributed by atoms with E-state index in [1.54, 1.807) is 25.3 Å². The van der Waals surface area contributed by atoms with Gasteiger partial charge in [-0.1, -0.05) is 34.7 Å². The standard InChI is InChI=1S/C16H19ClN4O3S2/c1-23-13-5-4-10(17)7-12(13)19-14(22)9-25-16-21-20-15(26-16)18-8-11-3-2-6-24-11/h4-5,7,11H,2-3,6,8-9H2,1H3,(H,18,20)(H,19,22). The Morgan fingerprint density at radius 3 is 3.15 bits per heavy atom. The molecule has 1 aliphatic heterocycles. The molecule has 1 saturated heterocycles. The van der Waals surface area contributed by atoms with Gasteiger partial charge in [0, 0.05) is 18.2 Å². The van der Waals surface area contributed by atoms with E-state index in [0.29, 0.717) is 16.5 Å². The van der Waals surface area contributed by atoms with E-state index in [1.807, 2.05) is 0 Å². The molecular weight excluding hydrogens is 396 g/mol. The van der Waals surface area contributed by atoms with E-state index in [4.69, 9.17) is 21.1 Å². The number of carbonyl (C=O) groups excluding carboxylic acids is 1. The van der Waals surface area contributed by atoms with Gasteiger partial charge in [0.05, 0.1) is 24.7 Å². The van der Waals surface area contributed by atoms with E-state index in [1.165, 1.54) is 23.1 Å². The molecule has 140 valence electrons. The van der Waals surface area contributed by atoms with Crippen LogP contribution in [0.3, 0.4) is 0 Å². The molecule has 7 nitrogen and oxygen atoms in total. The highest BCUT2D eigenvalue weighted by molar-refractivity contribution is 8.01. The summed E-state index contributed by atoms with van der Waals surface area (Å²) in [5, 5.41) is 15.5. The molecule has 10 heteroatoms. The lowest BCUT2D eigenvalue weighted by Gasteiger charge is -2.10. The lowest BCUT2D eigenvalue weighted by Crippen LogP contribution is -2.18. The van der Waals surface area contributed by atoms with Crippen LogP contribution in [0.15, 0.2) is 22.5 Å². The number of benzene rings is 1. The SMILES string of the molecule is COc1ccc(Cl)cc1NC(=O)CSc1nnc(NCC2CCCO2)s1. The van der Waals surface area contributed by atoms with Crippen LogP contribution in [0.2, 0.25) is 5.02 Å². The second-order valence-corrected chi connectivity index (χ2v) is 8.21. The molecule has 3 rings (SSSR count). The highest BCUT2D eigenvalue weighted by atomic mass is 35.5. The fraction of sp³-hybridized carbons (Fsp3) is 0.438. The number of carbonyl (C=O) groups is 1. The first-order valence-electron chi connectivity index (χ1n) is 8.09. The summed E-state index contributed by atoms with van der Waals surface area (Å²) in [6.45, 7) is 1.56. The van der Waals surface area contributed by atoms with E-state index in [0.717, 1.165) is 35.5 Å². The predicted octanol–water partition coefficient (Wildman–Crippen LogP) is 3.52. The van der Waals surface area contributed by atoms with Crippen LogP contribution in [0.4, 0.5) is 10.8 Å². The summed E-state index contributed by atoms with van der Waals surface area (Å²) < 4.78 is 11.5. The first-order valence-corrected chi connectivity index (χ1v) is 10.3. The fourth-order valence-electron chi connectivity index (χ4n) is 2.44. The largest absolute Gasteiger partial charge is 0.495 e. The predicted molar refractivity (Wildman–Crippen MR) is 105 cm³/mol. The summed E-state index contributed by atoms with van der Waals surface area (Å²) >= 11 is 8.72. The smallest absolute Gasteiger partial charge is 0.234 e. The number of hydrogen-bond acceptors (Lipinski definition) is 8. The molecule has 0 bridgehead atoms. The van der Waals surface area contributed by atoms with E-state index in [2.05, 4.69) is 20.8 Å². The topological polar surface area (TPSA) is 85.4 Å². The number of amides is 1. The Hall–Kier alpha value is -1.55. The van der Waals surface area contributed by atoms with Crippen LogP contribution in [0.1, 0.15) is 12.8 Å². The van der Waals surface area contributed by atoms with Gasteiger partial charge in [0.1, 0.15) is 5.75 Å². The first kappa shape index (κ1) is 19.2. The van der Waals surface area contributed by atoms with Gasteiger partial charge in [0.15, 0.2) is 4.34 Å². The van der Waals surface area contributed by atoms with Crippen molar-refractivity contribution in [3.05, 3.63) is 23.2 Å². The Labute approximate surface area is 164 Å². The van der Waals surface area contributed by atoms with Gasteiger partial charge in [0.25, 0.3) is 0 Å². The summed E-state index contributed by atoms with van der Waals surface area (Å²) in [4.78, 5) is 12.2. The minimum atomic E-state index is -0.167. The molecule has 0 saturated carbocycles. The van der Waals surface area contributed by atoms with Gasteiger partial charge in [0.2, 0.25) is 11.0 Å². The molecule has 1 aliphatic rings. The van der Waals surface area contributed by atoms with Crippen molar-refractivity contribution in [2.75, 3.05) is 36.6 Å². The van der Waals surface area contributed by atoms with Crippen molar-refractivity contribution in [2.24, 2.45) is 0 Å². The molecule has 0 aliphatic carbocycles. The zero-order chi connectivity index (χ0) is 18.4. The number of hydrogen-bond donors (Lipinski definition) is 2. The highest BCUT2D eigenvalue weighted by Crippen LogP contribution is 2.29. The van der Waals surface area contributed by atoms with Crippen molar-refractivity contribution in [2.45, 2.75) is 23.3 Å². The van der Waals surface area contributed by atoms with Gasteiger partial charge < -0.3 is 20.1 Å². The van der Waals surface area contributed by atoms with Crippen molar-refractivity contribution in [3.8, 4) is 5.75 Å². The van der Waals surface area contributed by atoms with Crippen molar-refractivity contribution in [1.29, 1.82) is 0 Å². The lowest BCUT2D eigenvalue weighted by molar-refractivity contribution is -0.113. The number of rotatable bonds is 8. The van der Waals surface area contributed by atoms with Crippen LogP contribution in [0.5, 0.6) is 5.75 Å². The third-order valence-corrected chi connectivity index (χ3v) is 5.92. The molecule has 1 amide bonds. The number of thioether (sulfide) groups is 1. The van der Waals surface area contributed by atoms with Gasteiger partial charge in [-0.3, -0.25) is 4.79 Å². The average molecular weight is 415 g/mol. The number of ether oxygens (including phenoxy) is 2. The summed E-state index contributed by atoms with van der Waals surface area (Å²) in [6.07, 6.45) is 2.42. The molecule has 0 radical (unpaired) electrons. The third-order valence-electron chi connectivity index (χ3n) is 3.67. The van der Waals surface area contributed by atoms with Crippen LogP contribution in [-0.4, -0.2) is 48.2 Å². The van der Waals surface area contributed by atoms with Crippen LogP contribution in [-0.2, 0) is 9.53 Å². The van der Waals surface area contributed by atoms with Crippen molar-refractivity contribution in [1.82, 2.24) is 10.2 Å². The van der Waals surface area contributed by atoms with Crippen LogP contribution < -0.4 is 15.4 Å². The number of halogens is 1. The van der Waals surface area contributed by atoms with Crippen LogP contribution in [0.25, 0.3) is 0 Å². The highest BCUT2D eigenvalue weighted by Gasteiger charge is 2.16.